The molecule has 3 aromatic rings. The lowest BCUT2D eigenvalue weighted by Crippen LogP contribution is -2.54. The van der Waals surface area contributed by atoms with Gasteiger partial charge < -0.3 is 9.30 Å². The highest BCUT2D eigenvalue weighted by Gasteiger charge is 2.37. The van der Waals surface area contributed by atoms with Crippen molar-refractivity contribution in [3.05, 3.63) is 86.7 Å². The molecule has 34 heavy (non-hydrogen) atoms. The summed E-state index contributed by atoms with van der Waals surface area (Å²) in [4.78, 5) is 49.6. The molecule has 0 unspecified atom stereocenters. The average molecular weight is 481 g/mol. The van der Waals surface area contributed by atoms with Crippen LogP contribution in [-0.2, 0) is 9.59 Å². The second-order valence-corrected chi connectivity index (χ2v) is 7.71. The van der Waals surface area contributed by atoms with Crippen LogP contribution < -0.4 is 15.0 Å². The number of halogens is 1. The van der Waals surface area contributed by atoms with Crippen LogP contribution in [0.1, 0.15) is 11.3 Å². The molecule has 0 saturated carbocycles. The zero-order chi connectivity index (χ0) is 24.6. The maximum absolute atomic E-state index is 13.2. The maximum atomic E-state index is 13.2. The molecule has 0 radical (unpaired) electrons. The number of urea groups is 1. The highest BCUT2D eigenvalue weighted by Crippen LogP contribution is 2.31. The molecule has 10 nitrogen and oxygen atoms in total. The van der Waals surface area contributed by atoms with Gasteiger partial charge in [-0.05, 0) is 48.9 Å². The van der Waals surface area contributed by atoms with E-state index in [1.807, 2.05) is 0 Å². The van der Waals surface area contributed by atoms with E-state index in [9.17, 15) is 24.5 Å². The number of amides is 4. The molecule has 0 spiro atoms. The van der Waals surface area contributed by atoms with Crippen LogP contribution in [-0.4, -0.2) is 34.4 Å². The number of nitro benzene ring substituents is 1. The molecule has 1 aromatic heterocycles. The van der Waals surface area contributed by atoms with Crippen LogP contribution >= 0.6 is 11.6 Å². The average Bonchev–Trinajstić information content (AvgIpc) is 3.26. The predicted octanol–water partition coefficient (Wildman–Crippen LogP) is 4.02. The second kappa shape index (κ2) is 8.83. The van der Waals surface area contributed by atoms with E-state index in [0.29, 0.717) is 16.4 Å². The van der Waals surface area contributed by atoms with E-state index in [1.165, 1.54) is 37.5 Å². The van der Waals surface area contributed by atoms with Crippen molar-refractivity contribution in [1.29, 1.82) is 0 Å². The number of nitrogens with one attached hydrogen (secondary N) is 1. The fraction of sp³-hybridized carbons (Fsp3) is 0.0870. The van der Waals surface area contributed by atoms with Crippen LogP contribution in [0, 0.1) is 17.0 Å². The molecule has 0 aliphatic carbocycles. The Labute approximate surface area is 198 Å². The van der Waals surface area contributed by atoms with E-state index >= 15 is 0 Å². The van der Waals surface area contributed by atoms with Crippen LogP contribution in [0.25, 0.3) is 11.8 Å². The molecule has 1 saturated heterocycles. The van der Waals surface area contributed by atoms with Gasteiger partial charge in [0.1, 0.15) is 11.3 Å². The summed E-state index contributed by atoms with van der Waals surface area (Å²) in [5.74, 6) is -1.46. The molecule has 2 heterocycles. The Balaban J connectivity index is 1.77. The Morgan fingerprint density at radius 1 is 1.12 bits per heavy atom. The molecule has 0 atom stereocenters. The Kier molecular flexibility index (Phi) is 5.91. The van der Waals surface area contributed by atoms with E-state index in [-0.39, 0.29) is 22.7 Å². The van der Waals surface area contributed by atoms with Gasteiger partial charge in [-0.3, -0.25) is 25.0 Å². The quantitative estimate of drug-likeness (QED) is 0.254. The Morgan fingerprint density at radius 3 is 2.56 bits per heavy atom. The SMILES string of the molecule is COc1cc([N+](=O)[O-])ccc1-n1cccc1C=C1C(=O)NC(=O)N(c2ccc(C)c(Cl)c2)C1=O. The number of nitro groups is 1. The number of anilines is 1. The summed E-state index contributed by atoms with van der Waals surface area (Å²) < 4.78 is 6.90. The van der Waals surface area contributed by atoms with E-state index in [4.69, 9.17) is 16.3 Å². The number of benzene rings is 2. The van der Waals surface area contributed by atoms with Gasteiger partial charge in [-0.2, -0.15) is 0 Å². The van der Waals surface area contributed by atoms with Gasteiger partial charge in [-0.25, -0.2) is 9.69 Å². The minimum absolute atomic E-state index is 0.152. The number of nitrogens with zero attached hydrogens (tertiary/aromatic N) is 3. The fourth-order valence-corrected chi connectivity index (χ4v) is 3.65. The van der Waals surface area contributed by atoms with Crippen molar-refractivity contribution in [2.45, 2.75) is 6.92 Å². The molecule has 1 fully saturated rings. The molecule has 1 N–H and O–H groups in total. The molecule has 4 rings (SSSR count). The topological polar surface area (TPSA) is 124 Å². The van der Waals surface area contributed by atoms with Crippen molar-refractivity contribution in [3.8, 4) is 11.4 Å². The first-order chi connectivity index (χ1) is 16.2. The minimum atomic E-state index is -0.889. The summed E-state index contributed by atoms with van der Waals surface area (Å²) in [5, 5.41) is 13.6. The third-order valence-corrected chi connectivity index (χ3v) is 5.63. The number of rotatable bonds is 5. The first-order valence-corrected chi connectivity index (χ1v) is 10.3. The van der Waals surface area contributed by atoms with Crippen LogP contribution in [0.4, 0.5) is 16.2 Å². The normalized spacial score (nSPS) is 15.0. The zero-order valence-electron chi connectivity index (χ0n) is 17.9. The van der Waals surface area contributed by atoms with Gasteiger partial charge in [0, 0.05) is 23.0 Å². The van der Waals surface area contributed by atoms with Crippen LogP contribution in [0.15, 0.2) is 60.3 Å². The third kappa shape index (κ3) is 4.02. The maximum Gasteiger partial charge on any atom is 0.335 e. The number of methoxy groups -OCH3 is 1. The summed E-state index contributed by atoms with van der Waals surface area (Å²) in [7, 11) is 1.37. The summed E-state index contributed by atoms with van der Waals surface area (Å²) >= 11 is 6.15. The smallest absolute Gasteiger partial charge is 0.335 e. The van der Waals surface area contributed by atoms with Crippen molar-refractivity contribution in [1.82, 2.24) is 9.88 Å². The number of hydrogen-bond acceptors (Lipinski definition) is 6. The molecule has 0 bridgehead atoms. The second-order valence-electron chi connectivity index (χ2n) is 7.31. The Morgan fingerprint density at radius 2 is 1.88 bits per heavy atom. The number of non-ortho nitro benzene ring substituents is 1. The number of hydrogen-bond donors (Lipinski definition) is 1. The molecule has 11 heteroatoms. The predicted molar refractivity (Wildman–Crippen MR) is 124 cm³/mol. The lowest BCUT2D eigenvalue weighted by atomic mass is 10.1. The molecule has 2 aromatic carbocycles. The number of ether oxygens (including phenoxy) is 1. The molecule has 1 aliphatic rings. The zero-order valence-corrected chi connectivity index (χ0v) is 18.7. The largest absolute Gasteiger partial charge is 0.494 e. The van der Waals surface area contributed by atoms with Crippen LogP contribution in [0.5, 0.6) is 5.75 Å². The number of carbonyl (C=O) groups is 3. The first kappa shape index (κ1) is 22.7. The number of aromatic nitrogens is 1. The standard InChI is InChI=1S/C23H17ClN4O6/c1-13-5-6-15(11-18(13)24)27-22(30)17(21(29)25-23(27)31)10-14-4-3-9-26(14)19-8-7-16(28(32)33)12-20(19)34-2/h3-12H,1-2H3,(H,25,29,31). The lowest BCUT2D eigenvalue weighted by Gasteiger charge is -2.26. The van der Waals surface area contributed by atoms with E-state index in [1.54, 1.807) is 42.0 Å². The third-order valence-electron chi connectivity index (χ3n) is 5.22. The number of carbonyl (C=O) groups excluding carboxylic acids is 3. The number of aryl methyl sites for hydroxylation is 1. The van der Waals surface area contributed by atoms with Crippen molar-refractivity contribution in [2.75, 3.05) is 12.0 Å². The van der Waals surface area contributed by atoms with E-state index in [0.717, 1.165) is 10.5 Å². The highest BCUT2D eigenvalue weighted by molar-refractivity contribution is 6.39. The van der Waals surface area contributed by atoms with E-state index in [2.05, 4.69) is 5.32 Å². The molecular weight excluding hydrogens is 464 g/mol. The number of barbiturate groups is 1. The van der Waals surface area contributed by atoms with Gasteiger partial charge in [0.05, 0.1) is 29.5 Å². The van der Waals surface area contributed by atoms with Crippen molar-refractivity contribution >= 4 is 46.9 Å². The van der Waals surface area contributed by atoms with Gasteiger partial charge in [0.25, 0.3) is 17.5 Å². The lowest BCUT2D eigenvalue weighted by molar-refractivity contribution is -0.384. The summed E-state index contributed by atoms with van der Waals surface area (Å²) in [6.07, 6.45) is 2.97. The summed E-state index contributed by atoms with van der Waals surface area (Å²) in [6, 6.07) is 11.2. The molecular formula is C23H17ClN4O6. The van der Waals surface area contributed by atoms with Crippen LogP contribution in [0.2, 0.25) is 5.02 Å². The van der Waals surface area contributed by atoms with E-state index < -0.39 is 22.8 Å². The molecule has 1 aliphatic heterocycles. The number of imide groups is 2. The summed E-state index contributed by atoms with van der Waals surface area (Å²) in [5.41, 5.74) is 1.40. The van der Waals surface area contributed by atoms with Crippen molar-refractivity contribution in [2.24, 2.45) is 0 Å². The Hall–Kier alpha value is -4.44. The van der Waals surface area contributed by atoms with Crippen LogP contribution in [0.3, 0.4) is 0 Å². The monoisotopic (exact) mass is 480 g/mol. The Bertz CT molecular complexity index is 1390. The van der Waals surface area contributed by atoms with Gasteiger partial charge in [0.2, 0.25) is 0 Å². The van der Waals surface area contributed by atoms with Crippen molar-refractivity contribution in [3.63, 3.8) is 0 Å². The first-order valence-electron chi connectivity index (χ1n) is 9.89. The van der Waals surface area contributed by atoms with Gasteiger partial charge in [-0.1, -0.05) is 17.7 Å². The minimum Gasteiger partial charge on any atom is -0.494 e. The summed E-state index contributed by atoms with van der Waals surface area (Å²) in [6.45, 7) is 1.78. The highest BCUT2D eigenvalue weighted by atomic mass is 35.5. The van der Waals surface area contributed by atoms with Gasteiger partial charge >= 0.3 is 6.03 Å². The van der Waals surface area contributed by atoms with Crippen molar-refractivity contribution < 1.29 is 24.0 Å². The van der Waals surface area contributed by atoms with Gasteiger partial charge in [-0.15, -0.1) is 0 Å². The molecule has 172 valence electrons. The van der Waals surface area contributed by atoms with Gasteiger partial charge in [0.15, 0.2) is 0 Å². The fourth-order valence-electron chi connectivity index (χ4n) is 3.47. The molecule has 4 amide bonds.